The number of hydrogen-bond acceptors (Lipinski definition) is 4. The predicted octanol–water partition coefficient (Wildman–Crippen LogP) is 4.51. The number of carbonyl (C=O) groups excluding carboxylic acids is 1. The quantitative estimate of drug-likeness (QED) is 0.478. The number of nitrogens with zero attached hydrogens (tertiary/aromatic N) is 3. The maximum atomic E-state index is 12.6. The molecule has 0 atom stereocenters. The molecular formula is C23H26N4O3. The van der Waals surface area contributed by atoms with E-state index in [-0.39, 0.29) is 11.7 Å². The van der Waals surface area contributed by atoms with Crippen LogP contribution in [0.15, 0.2) is 41.2 Å². The Hall–Kier alpha value is -3.35. The molecule has 7 nitrogen and oxygen atoms in total. The second-order valence-corrected chi connectivity index (χ2v) is 7.73. The molecule has 156 valence electrons. The van der Waals surface area contributed by atoms with Gasteiger partial charge in [-0.3, -0.25) is 4.57 Å². The third-order valence-corrected chi connectivity index (χ3v) is 5.40. The number of esters is 1. The Labute approximate surface area is 174 Å². The van der Waals surface area contributed by atoms with Crippen LogP contribution in [0, 0.1) is 0 Å². The number of nitrogens with one attached hydrogen (secondary N) is 1. The van der Waals surface area contributed by atoms with Gasteiger partial charge in [-0.15, -0.1) is 0 Å². The van der Waals surface area contributed by atoms with Gasteiger partial charge in [0.2, 0.25) is 0 Å². The molecule has 0 amide bonds. The van der Waals surface area contributed by atoms with Crippen molar-refractivity contribution in [3.8, 4) is 11.4 Å². The molecule has 0 unspecified atom stereocenters. The predicted molar refractivity (Wildman–Crippen MR) is 118 cm³/mol. The summed E-state index contributed by atoms with van der Waals surface area (Å²) in [6.07, 6.45) is 1.92. The Bertz CT molecular complexity index is 1290. The van der Waals surface area contributed by atoms with E-state index in [1.807, 2.05) is 24.3 Å². The average Bonchev–Trinajstić information content (AvgIpc) is 3.27. The molecule has 0 aliphatic heterocycles. The third-order valence-electron chi connectivity index (χ3n) is 5.40. The number of unbranched alkanes of at least 4 members (excludes halogenated alkanes) is 1. The molecule has 0 aliphatic rings. The zero-order valence-corrected chi connectivity index (χ0v) is 17.7. The molecule has 0 spiro atoms. The first-order chi connectivity index (χ1) is 14.5. The van der Waals surface area contributed by atoms with E-state index < -0.39 is 5.97 Å². The van der Waals surface area contributed by atoms with Gasteiger partial charge in [-0.25, -0.2) is 14.6 Å². The molecule has 0 saturated heterocycles. The van der Waals surface area contributed by atoms with Gasteiger partial charge < -0.3 is 14.3 Å². The number of benzene rings is 2. The van der Waals surface area contributed by atoms with Gasteiger partial charge >= 0.3 is 11.7 Å². The number of para-hydroxylation sites is 1. The highest BCUT2D eigenvalue weighted by atomic mass is 16.5. The molecular weight excluding hydrogens is 380 g/mol. The van der Waals surface area contributed by atoms with Gasteiger partial charge in [-0.05, 0) is 50.6 Å². The second kappa shape index (κ2) is 7.82. The number of hydrogen-bond donors (Lipinski definition) is 1. The average molecular weight is 406 g/mol. The zero-order chi connectivity index (χ0) is 21.4. The summed E-state index contributed by atoms with van der Waals surface area (Å²) < 4.78 is 8.80. The molecule has 2 heterocycles. The van der Waals surface area contributed by atoms with Crippen molar-refractivity contribution in [1.29, 1.82) is 0 Å². The Morgan fingerprint density at radius 1 is 1.23 bits per heavy atom. The molecule has 0 saturated carbocycles. The summed E-state index contributed by atoms with van der Waals surface area (Å²) in [7, 11) is 1.37. The van der Waals surface area contributed by atoms with Crippen LogP contribution in [0.3, 0.4) is 0 Å². The number of rotatable bonds is 6. The molecule has 0 bridgehead atoms. The Kier molecular flexibility index (Phi) is 5.20. The highest BCUT2D eigenvalue weighted by molar-refractivity contribution is 5.96. The van der Waals surface area contributed by atoms with E-state index in [0.717, 1.165) is 46.3 Å². The first-order valence-corrected chi connectivity index (χ1v) is 10.3. The fraction of sp³-hybridized carbons (Fsp3) is 0.348. The lowest BCUT2D eigenvalue weighted by molar-refractivity contribution is 0.0601. The minimum atomic E-state index is -0.390. The van der Waals surface area contributed by atoms with Crippen molar-refractivity contribution in [3.05, 3.63) is 52.4 Å². The maximum Gasteiger partial charge on any atom is 0.337 e. The van der Waals surface area contributed by atoms with Crippen LogP contribution in [0.25, 0.3) is 33.5 Å². The lowest BCUT2D eigenvalue weighted by Gasteiger charge is -2.14. The number of ether oxygens (including phenoxy) is 1. The number of imidazole rings is 2. The topological polar surface area (TPSA) is 81.9 Å². The molecule has 0 radical (unpaired) electrons. The van der Waals surface area contributed by atoms with Crippen molar-refractivity contribution in [3.63, 3.8) is 0 Å². The van der Waals surface area contributed by atoms with E-state index in [4.69, 9.17) is 9.72 Å². The summed E-state index contributed by atoms with van der Waals surface area (Å²) in [5, 5.41) is 0. The fourth-order valence-corrected chi connectivity index (χ4v) is 3.99. The lowest BCUT2D eigenvalue weighted by Crippen LogP contribution is -2.17. The first kappa shape index (κ1) is 19.9. The zero-order valence-electron chi connectivity index (χ0n) is 17.7. The van der Waals surface area contributed by atoms with Crippen LogP contribution in [0.1, 0.15) is 50.0 Å². The largest absolute Gasteiger partial charge is 0.465 e. The number of aromatic amines is 1. The molecule has 0 fully saturated rings. The van der Waals surface area contributed by atoms with Crippen molar-refractivity contribution in [2.45, 2.75) is 46.2 Å². The van der Waals surface area contributed by atoms with Crippen molar-refractivity contribution < 1.29 is 9.53 Å². The number of methoxy groups -OCH3 is 1. The number of fused-ring (bicyclic) bond motifs is 2. The van der Waals surface area contributed by atoms with Gasteiger partial charge in [0.1, 0.15) is 5.82 Å². The summed E-state index contributed by atoms with van der Waals surface area (Å²) >= 11 is 0. The van der Waals surface area contributed by atoms with Gasteiger partial charge in [0.25, 0.3) is 0 Å². The van der Waals surface area contributed by atoms with Gasteiger partial charge in [0, 0.05) is 18.2 Å². The number of aromatic nitrogens is 4. The minimum absolute atomic E-state index is 0.105. The van der Waals surface area contributed by atoms with E-state index in [2.05, 4.69) is 30.3 Å². The van der Waals surface area contributed by atoms with Crippen LogP contribution < -0.4 is 5.69 Å². The molecule has 1 N–H and O–H groups in total. The van der Waals surface area contributed by atoms with Crippen molar-refractivity contribution in [1.82, 2.24) is 19.1 Å². The molecule has 30 heavy (non-hydrogen) atoms. The molecule has 4 aromatic rings. The number of carbonyl (C=O) groups is 1. The van der Waals surface area contributed by atoms with Crippen LogP contribution in [0.5, 0.6) is 0 Å². The normalized spacial score (nSPS) is 11.6. The van der Waals surface area contributed by atoms with E-state index >= 15 is 0 Å². The van der Waals surface area contributed by atoms with Gasteiger partial charge in [-0.2, -0.15) is 0 Å². The van der Waals surface area contributed by atoms with E-state index in [9.17, 15) is 9.59 Å². The van der Waals surface area contributed by atoms with E-state index in [1.165, 1.54) is 7.11 Å². The van der Waals surface area contributed by atoms with Gasteiger partial charge in [0.05, 0.1) is 34.7 Å². The van der Waals surface area contributed by atoms with Crippen LogP contribution in [-0.2, 0) is 11.3 Å². The van der Waals surface area contributed by atoms with Crippen molar-refractivity contribution in [2.24, 2.45) is 0 Å². The standard InChI is InChI=1S/C23H26N4O3/c1-5-6-12-26-20-16(8-7-9-17(20)25-23(26)29)21-24-18-13-15(22(28)30-4)10-11-19(18)27(21)14(2)3/h7-11,13-14H,5-6,12H2,1-4H3,(H,25,29). The monoisotopic (exact) mass is 406 g/mol. The van der Waals surface area contributed by atoms with Crippen molar-refractivity contribution in [2.75, 3.05) is 7.11 Å². The summed E-state index contributed by atoms with van der Waals surface area (Å²) in [5.41, 5.74) is 4.56. The highest BCUT2D eigenvalue weighted by Gasteiger charge is 2.21. The Morgan fingerprint density at radius 2 is 2.03 bits per heavy atom. The van der Waals surface area contributed by atoms with Crippen LogP contribution in [0.2, 0.25) is 0 Å². The van der Waals surface area contributed by atoms with Crippen molar-refractivity contribution >= 4 is 28.0 Å². The van der Waals surface area contributed by atoms with Crippen LogP contribution in [0.4, 0.5) is 0 Å². The molecule has 2 aromatic carbocycles. The van der Waals surface area contributed by atoms with Gasteiger partial charge in [-0.1, -0.05) is 19.4 Å². The number of aryl methyl sites for hydroxylation is 1. The second-order valence-electron chi connectivity index (χ2n) is 7.73. The Balaban J connectivity index is 2.01. The SMILES string of the molecule is CCCCn1c(=O)[nH]c2cccc(-c3nc4cc(C(=O)OC)ccc4n3C(C)C)c21. The molecule has 7 heteroatoms. The summed E-state index contributed by atoms with van der Waals surface area (Å²) in [6, 6.07) is 11.4. The summed E-state index contributed by atoms with van der Waals surface area (Å²) in [4.78, 5) is 32.4. The summed E-state index contributed by atoms with van der Waals surface area (Å²) in [6.45, 7) is 6.96. The molecule has 0 aliphatic carbocycles. The van der Waals surface area contributed by atoms with Crippen LogP contribution >= 0.6 is 0 Å². The third kappa shape index (κ3) is 3.20. The highest BCUT2D eigenvalue weighted by Crippen LogP contribution is 2.33. The number of H-pyrrole nitrogens is 1. The minimum Gasteiger partial charge on any atom is -0.465 e. The maximum absolute atomic E-state index is 12.6. The van der Waals surface area contributed by atoms with Gasteiger partial charge in [0.15, 0.2) is 0 Å². The lowest BCUT2D eigenvalue weighted by atomic mass is 10.1. The van der Waals surface area contributed by atoms with Crippen LogP contribution in [-0.4, -0.2) is 32.2 Å². The first-order valence-electron chi connectivity index (χ1n) is 10.3. The summed E-state index contributed by atoms with van der Waals surface area (Å²) in [5.74, 6) is 0.385. The fourth-order valence-electron chi connectivity index (χ4n) is 3.99. The molecule has 2 aromatic heterocycles. The Morgan fingerprint density at radius 3 is 2.73 bits per heavy atom. The van der Waals surface area contributed by atoms with E-state index in [1.54, 1.807) is 16.7 Å². The van der Waals surface area contributed by atoms with E-state index in [0.29, 0.717) is 12.1 Å². The molecule has 4 rings (SSSR count). The smallest absolute Gasteiger partial charge is 0.337 e.